The fourth-order valence-corrected chi connectivity index (χ4v) is 7.67. The molecule has 0 radical (unpaired) electrons. The molecule has 1 aliphatic rings. The third kappa shape index (κ3) is 37.4. The highest BCUT2D eigenvalue weighted by molar-refractivity contribution is 5.69. The molecule has 1 fully saturated rings. The van der Waals surface area contributed by atoms with Gasteiger partial charge in [-0.3, -0.25) is 4.79 Å². The lowest BCUT2D eigenvalue weighted by Gasteiger charge is -2.39. The fraction of sp³-hybridized carbons (Fsp3) is 0.737. The molecule has 1 aliphatic heterocycles. The third-order valence-electron chi connectivity index (χ3n) is 11.8. The van der Waals surface area contributed by atoms with Gasteiger partial charge in [-0.15, -0.1) is 0 Å². The fourth-order valence-electron chi connectivity index (χ4n) is 7.67. The van der Waals surface area contributed by atoms with Gasteiger partial charge in [0.1, 0.15) is 30.5 Å². The summed E-state index contributed by atoms with van der Waals surface area (Å²) in [5.74, 6) is -0.329. The Hall–Kier alpha value is -2.63. The van der Waals surface area contributed by atoms with Crippen LogP contribution in [0.5, 0.6) is 0 Å². The van der Waals surface area contributed by atoms with Gasteiger partial charge in [-0.1, -0.05) is 195 Å². The topological polar surface area (TPSA) is 135 Å². The number of hydrogen-bond acceptors (Lipinski definition) is 9. The molecular formula is C57H98O9. The third-order valence-corrected chi connectivity index (χ3v) is 11.8. The molecule has 0 aromatic heterocycles. The maximum absolute atomic E-state index is 12.8. The molecule has 0 aliphatic carbocycles. The maximum Gasteiger partial charge on any atom is 0.306 e. The van der Waals surface area contributed by atoms with Crippen molar-refractivity contribution < 1.29 is 44.2 Å². The Morgan fingerprint density at radius 1 is 0.500 bits per heavy atom. The van der Waals surface area contributed by atoms with Gasteiger partial charge in [0.15, 0.2) is 6.29 Å². The van der Waals surface area contributed by atoms with Gasteiger partial charge in [-0.2, -0.15) is 0 Å². The van der Waals surface area contributed by atoms with Crippen LogP contribution in [-0.4, -0.2) is 89.6 Å². The molecular weight excluding hydrogens is 829 g/mol. The number of allylic oxidation sites excluding steroid dienone is 14. The smallest absolute Gasteiger partial charge is 0.306 e. The first kappa shape index (κ1) is 61.4. The number of unbranched alkanes of at least 4 members (excludes halogenated alkanes) is 20. The van der Waals surface area contributed by atoms with Crippen LogP contribution in [0.2, 0.25) is 0 Å². The standard InChI is InChI=1S/C57H98O9/c1-3-5-7-9-11-13-15-17-19-21-23-24-25-26-27-29-31-33-35-37-39-41-43-45-47-63-49-51(50-64-57-56(62)55(61)54(60)52(48-58)66-57)65-53(59)46-44-42-40-38-36-34-32-30-28-22-20-18-16-14-12-10-8-6-4-2/h5,7,11-14,17-20,23-24,28,30,51-52,54-58,60-62H,3-4,6,8-10,15-16,21-22,25-27,29,31-50H2,1-2H3/b7-5-,13-11-,14-12-,19-17-,20-18-,24-23-,30-28-. The van der Waals surface area contributed by atoms with Crippen LogP contribution >= 0.6 is 0 Å². The minimum atomic E-state index is -1.54. The van der Waals surface area contributed by atoms with E-state index in [0.717, 1.165) is 83.5 Å². The van der Waals surface area contributed by atoms with Crippen molar-refractivity contribution >= 4 is 5.97 Å². The van der Waals surface area contributed by atoms with E-state index in [0.29, 0.717) is 13.0 Å². The van der Waals surface area contributed by atoms with Gasteiger partial charge in [0.25, 0.3) is 0 Å². The van der Waals surface area contributed by atoms with Crippen LogP contribution in [0.3, 0.4) is 0 Å². The van der Waals surface area contributed by atoms with E-state index in [1.807, 2.05) is 0 Å². The summed E-state index contributed by atoms with van der Waals surface area (Å²) < 4.78 is 22.9. The highest BCUT2D eigenvalue weighted by atomic mass is 16.7. The average molecular weight is 927 g/mol. The van der Waals surface area contributed by atoms with E-state index >= 15 is 0 Å². The monoisotopic (exact) mass is 927 g/mol. The summed E-state index contributed by atoms with van der Waals surface area (Å²) in [6.45, 7) is 4.40. The minimum Gasteiger partial charge on any atom is -0.457 e. The van der Waals surface area contributed by atoms with Gasteiger partial charge in [-0.05, 0) is 89.9 Å². The zero-order chi connectivity index (χ0) is 47.8. The molecule has 9 heteroatoms. The van der Waals surface area contributed by atoms with Gasteiger partial charge in [0.2, 0.25) is 0 Å². The maximum atomic E-state index is 12.8. The molecule has 0 amide bonds. The van der Waals surface area contributed by atoms with Crippen molar-refractivity contribution in [2.24, 2.45) is 0 Å². The lowest BCUT2D eigenvalue weighted by atomic mass is 9.99. The van der Waals surface area contributed by atoms with Crippen molar-refractivity contribution in [2.45, 2.75) is 243 Å². The number of carbonyl (C=O) groups excluding carboxylic acids is 1. The van der Waals surface area contributed by atoms with Gasteiger partial charge in [0, 0.05) is 13.0 Å². The van der Waals surface area contributed by atoms with Crippen LogP contribution in [0.4, 0.5) is 0 Å². The lowest BCUT2D eigenvalue weighted by molar-refractivity contribution is -0.305. The zero-order valence-electron chi connectivity index (χ0n) is 41.9. The van der Waals surface area contributed by atoms with Crippen molar-refractivity contribution in [1.29, 1.82) is 0 Å². The normalized spacial score (nSPS) is 20.0. The van der Waals surface area contributed by atoms with Crippen molar-refractivity contribution in [1.82, 2.24) is 0 Å². The predicted molar refractivity (Wildman–Crippen MR) is 274 cm³/mol. The van der Waals surface area contributed by atoms with Gasteiger partial charge in [-0.25, -0.2) is 0 Å². The molecule has 6 atom stereocenters. The van der Waals surface area contributed by atoms with Crippen LogP contribution in [-0.2, 0) is 23.7 Å². The van der Waals surface area contributed by atoms with Crippen LogP contribution in [0.15, 0.2) is 85.1 Å². The summed E-state index contributed by atoms with van der Waals surface area (Å²) in [5.41, 5.74) is 0. The number of aliphatic hydroxyl groups excluding tert-OH is 4. The molecule has 1 rings (SSSR count). The Kier molecular flexibility index (Phi) is 44.1. The van der Waals surface area contributed by atoms with Crippen LogP contribution in [0.25, 0.3) is 0 Å². The Morgan fingerprint density at radius 2 is 0.924 bits per heavy atom. The van der Waals surface area contributed by atoms with Gasteiger partial charge < -0.3 is 39.4 Å². The van der Waals surface area contributed by atoms with Crippen LogP contribution in [0, 0.1) is 0 Å². The molecule has 1 saturated heterocycles. The quantitative estimate of drug-likeness (QED) is 0.0267. The lowest BCUT2D eigenvalue weighted by Crippen LogP contribution is -2.59. The number of ether oxygens (including phenoxy) is 4. The molecule has 6 unspecified atom stereocenters. The molecule has 0 saturated carbocycles. The van der Waals surface area contributed by atoms with Crippen LogP contribution < -0.4 is 0 Å². The van der Waals surface area contributed by atoms with Crippen molar-refractivity contribution in [2.75, 3.05) is 26.4 Å². The second kappa shape index (κ2) is 47.4. The molecule has 0 spiro atoms. The molecule has 4 N–H and O–H groups in total. The number of aliphatic hydroxyl groups is 4. The van der Waals surface area contributed by atoms with Crippen molar-refractivity contribution in [3.8, 4) is 0 Å². The molecule has 0 aromatic rings. The Morgan fingerprint density at radius 3 is 1.39 bits per heavy atom. The van der Waals surface area contributed by atoms with E-state index < -0.39 is 43.4 Å². The molecule has 9 nitrogen and oxygen atoms in total. The van der Waals surface area contributed by atoms with Crippen LogP contribution in [0.1, 0.15) is 206 Å². The summed E-state index contributed by atoms with van der Waals surface area (Å²) in [7, 11) is 0. The number of carbonyl (C=O) groups is 1. The Labute approximate surface area is 403 Å². The first-order chi connectivity index (χ1) is 32.4. The Bertz CT molecular complexity index is 1280. The second-order valence-corrected chi connectivity index (χ2v) is 17.9. The van der Waals surface area contributed by atoms with E-state index in [-0.39, 0.29) is 19.2 Å². The van der Waals surface area contributed by atoms with E-state index in [1.54, 1.807) is 0 Å². The van der Waals surface area contributed by atoms with E-state index in [9.17, 15) is 25.2 Å². The highest BCUT2D eigenvalue weighted by Gasteiger charge is 2.44. The molecule has 0 bridgehead atoms. The summed E-state index contributed by atoms with van der Waals surface area (Å²) in [6.07, 6.45) is 57.5. The first-order valence-corrected chi connectivity index (χ1v) is 26.7. The molecule has 380 valence electrons. The van der Waals surface area contributed by atoms with Crippen molar-refractivity contribution in [3.63, 3.8) is 0 Å². The minimum absolute atomic E-state index is 0.124. The second-order valence-electron chi connectivity index (χ2n) is 17.9. The summed E-state index contributed by atoms with van der Waals surface area (Å²) in [5, 5.41) is 40.3. The summed E-state index contributed by atoms with van der Waals surface area (Å²) >= 11 is 0. The average Bonchev–Trinajstić information content (AvgIpc) is 3.32. The number of esters is 1. The largest absolute Gasteiger partial charge is 0.457 e. The highest BCUT2D eigenvalue weighted by Crippen LogP contribution is 2.23. The Balaban J connectivity index is 2.20. The van der Waals surface area contributed by atoms with Gasteiger partial charge >= 0.3 is 5.97 Å². The zero-order valence-corrected chi connectivity index (χ0v) is 41.9. The first-order valence-electron chi connectivity index (χ1n) is 26.7. The molecule has 66 heavy (non-hydrogen) atoms. The van der Waals surface area contributed by atoms with E-state index in [1.165, 1.54) is 103 Å². The summed E-state index contributed by atoms with van der Waals surface area (Å²) in [4.78, 5) is 12.8. The van der Waals surface area contributed by atoms with E-state index in [4.69, 9.17) is 18.9 Å². The SMILES string of the molecule is CC/C=C\C/C=C\C/C=C\C/C=C\CCCCCCCCCCCCCOCC(COC1OC(CO)C(O)C(O)C1O)OC(=O)CCCCCCCC/C=C\C/C=C\C/C=C\CCCCC. The number of hydrogen-bond donors (Lipinski definition) is 4. The molecule has 0 aromatic carbocycles. The predicted octanol–water partition coefficient (Wildman–Crippen LogP) is 13.4. The van der Waals surface area contributed by atoms with Gasteiger partial charge in [0.05, 0.1) is 19.8 Å². The van der Waals surface area contributed by atoms with Crippen molar-refractivity contribution in [3.05, 3.63) is 85.1 Å². The molecule has 1 heterocycles. The summed E-state index contributed by atoms with van der Waals surface area (Å²) in [6, 6.07) is 0. The van der Waals surface area contributed by atoms with E-state index in [2.05, 4.69) is 98.9 Å². The number of rotatable bonds is 45.